The van der Waals surface area contributed by atoms with Crippen LogP contribution in [0.3, 0.4) is 0 Å². The summed E-state index contributed by atoms with van der Waals surface area (Å²) in [5.74, 6) is 1.14. The van der Waals surface area contributed by atoms with E-state index >= 15 is 0 Å². The fraction of sp³-hybridized carbons (Fsp3) is 0.371. The topological polar surface area (TPSA) is 107 Å². The molecule has 6 rings (SSSR count). The van der Waals surface area contributed by atoms with E-state index < -0.39 is 0 Å². The first-order chi connectivity index (χ1) is 22.4. The molecule has 2 aromatic heterocycles. The molecule has 9 nitrogen and oxygen atoms in total. The van der Waals surface area contributed by atoms with Gasteiger partial charge in [-0.15, -0.1) is 0 Å². The van der Waals surface area contributed by atoms with Gasteiger partial charge in [-0.3, -0.25) is 9.78 Å². The SMILES string of the molecule is COc1nc(-c2cccc(-c3cccc(-c4cnc(CCC[C@@H]5CCC(=O)N5)c(OC)n4)c3Cl)c2Cl)ccc1CN[C@@H]1CCOC1. The van der Waals surface area contributed by atoms with Gasteiger partial charge in [-0.25, -0.2) is 9.97 Å². The maximum Gasteiger partial charge on any atom is 0.235 e. The molecular formula is C35H37Cl2N5O4. The highest BCUT2D eigenvalue weighted by Gasteiger charge is 2.22. The second-order valence-corrected chi connectivity index (χ2v) is 12.3. The van der Waals surface area contributed by atoms with Gasteiger partial charge in [0.05, 0.1) is 48.5 Å². The van der Waals surface area contributed by atoms with Crippen LogP contribution in [0.4, 0.5) is 0 Å². The Morgan fingerprint density at radius 3 is 2.26 bits per heavy atom. The highest BCUT2D eigenvalue weighted by atomic mass is 35.5. The third-order valence-electron chi connectivity index (χ3n) is 8.54. The van der Waals surface area contributed by atoms with E-state index in [4.69, 9.17) is 47.4 Å². The minimum absolute atomic E-state index is 0.128. The lowest BCUT2D eigenvalue weighted by Gasteiger charge is -2.16. The van der Waals surface area contributed by atoms with E-state index in [9.17, 15) is 4.79 Å². The number of ether oxygens (including phenoxy) is 3. The summed E-state index contributed by atoms with van der Waals surface area (Å²) < 4.78 is 16.7. The molecule has 4 aromatic rings. The summed E-state index contributed by atoms with van der Waals surface area (Å²) in [4.78, 5) is 25.8. The molecule has 11 heteroatoms. The minimum Gasteiger partial charge on any atom is -0.481 e. The van der Waals surface area contributed by atoms with Crippen LogP contribution in [0.15, 0.2) is 54.7 Å². The van der Waals surface area contributed by atoms with Crippen LogP contribution < -0.4 is 20.1 Å². The number of halogens is 2. The van der Waals surface area contributed by atoms with E-state index in [0.717, 1.165) is 65.8 Å². The summed E-state index contributed by atoms with van der Waals surface area (Å²) in [7, 11) is 3.22. The predicted octanol–water partition coefficient (Wildman–Crippen LogP) is 6.68. The van der Waals surface area contributed by atoms with Crippen molar-refractivity contribution in [2.75, 3.05) is 27.4 Å². The highest BCUT2D eigenvalue weighted by Crippen LogP contribution is 2.42. The fourth-order valence-electron chi connectivity index (χ4n) is 6.03. The van der Waals surface area contributed by atoms with Crippen molar-refractivity contribution >= 4 is 29.1 Å². The maximum atomic E-state index is 11.5. The molecule has 2 aliphatic heterocycles. The lowest BCUT2D eigenvalue weighted by Crippen LogP contribution is -2.28. The molecule has 240 valence electrons. The Morgan fingerprint density at radius 1 is 0.913 bits per heavy atom. The van der Waals surface area contributed by atoms with E-state index in [1.54, 1.807) is 20.4 Å². The predicted molar refractivity (Wildman–Crippen MR) is 179 cm³/mol. The molecule has 4 heterocycles. The summed E-state index contributed by atoms with van der Waals surface area (Å²) in [6, 6.07) is 16.1. The highest BCUT2D eigenvalue weighted by molar-refractivity contribution is 6.39. The Morgan fingerprint density at radius 2 is 1.61 bits per heavy atom. The molecule has 2 saturated heterocycles. The van der Waals surface area contributed by atoms with Gasteiger partial charge in [-0.2, -0.15) is 0 Å². The van der Waals surface area contributed by atoms with Gasteiger partial charge in [0.2, 0.25) is 17.7 Å². The van der Waals surface area contributed by atoms with Crippen LogP contribution in [0.2, 0.25) is 10.0 Å². The number of carbonyl (C=O) groups is 1. The van der Waals surface area contributed by atoms with E-state index in [-0.39, 0.29) is 11.9 Å². The molecule has 0 saturated carbocycles. The number of aryl methyl sites for hydroxylation is 1. The second-order valence-electron chi connectivity index (χ2n) is 11.5. The lowest BCUT2D eigenvalue weighted by molar-refractivity contribution is -0.119. The van der Waals surface area contributed by atoms with Gasteiger partial charge in [0.15, 0.2) is 0 Å². The summed E-state index contributed by atoms with van der Waals surface area (Å²) in [6.07, 6.45) is 6.67. The molecule has 0 bridgehead atoms. The van der Waals surface area contributed by atoms with Crippen LogP contribution >= 0.6 is 23.2 Å². The van der Waals surface area contributed by atoms with Crippen molar-refractivity contribution in [3.63, 3.8) is 0 Å². The van der Waals surface area contributed by atoms with Gasteiger partial charge < -0.3 is 24.8 Å². The third-order valence-corrected chi connectivity index (χ3v) is 9.35. The quantitative estimate of drug-likeness (QED) is 0.173. The Balaban J connectivity index is 1.23. The summed E-state index contributed by atoms with van der Waals surface area (Å²) in [6.45, 7) is 2.13. The number of carbonyl (C=O) groups excluding carboxylic acids is 1. The van der Waals surface area contributed by atoms with Gasteiger partial charge >= 0.3 is 0 Å². The van der Waals surface area contributed by atoms with Crippen LogP contribution in [-0.2, 0) is 22.5 Å². The van der Waals surface area contributed by atoms with Crippen molar-refractivity contribution in [1.82, 2.24) is 25.6 Å². The number of methoxy groups -OCH3 is 2. The number of hydrogen-bond donors (Lipinski definition) is 2. The van der Waals surface area contributed by atoms with Crippen LogP contribution in [0.1, 0.15) is 43.4 Å². The van der Waals surface area contributed by atoms with Crippen molar-refractivity contribution in [3.8, 4) is 45.4 Å². The average molecular weight is 663 g/mol. The number of aromatic nitrogens is 3. The number of hydrogen-bond acceptors (Lipinski definition) is 8. The smallest absolute Gasteiger partial charge is 0.235 e. The van der Waals surface area contributed by atoms with Gasteiger partial charge in [0.1, 0.15) is 5.69 Å². The Bertz CT molecular complexity index is 1710. The van der Waals surface area contributed by atoms with Gasteiger partial charge in [0.25, 0.3) is 0 Å². The van der Waals surface area contributed by atoms with E-state index in [1.807, 2.05) is 48.5 Å². The molecule has 0 radical (unpaired) electrons. The summed E-state index contributed by atoms with van der Waals surface area (Å²) in [5.41, 5.74) is 6.06. The Labute approximate surface area is 279 Å². The number of rotatable bonds is 12. The van der Waals surface area contributed by atoms with Crippen molar-refractivity contribution in [2.45, 2.75) is 57.2 Å². The largest absolute Gasteiger partial charge is 0.481 e. The third kappa shape index (κ3) is 7.13. The molecule has 2 aromatic carbocycles. The zero-order chi connectivity index (χ0) is 32.0. The van der Waals surface area contributed by atoms with Crippen LogP contribution in [-0.4, -0.2) is 60.4 Å². The Kier molecular flexibility index (Phi) is 10.3. The molecule has 0 unspecified atom stereocenters. The van der Waals surface area contributed by atoms with Crippen LogP contribution in [0.25, 0.3) is 33.6 Å². The van der Waals surface area contributed by atoms with Crippen LogP contribution in [0.5, 0.6) is 11.8 Å². The first-order valence-electron chi connectivity index (χ1n) is 15.6. The number of benzene rings is 2. The number of pyridine rings is 1. The molecule has 0 aliphatic carbocycles. The number of amides is 1. The molecular weight excluding hydrogens is 625 g/mol. The fourth-order valence-corrected chi connectivity index (χ4v) is 6.68. The van der Waals surface area contributed by atoms with Crippen molar-refractivity contribution < 1.29 is 19.0 Å². The number of nitrogens with one attached hydrogen (secondary N) is 2. The summed E-state index contributed by atoms with van der Waals surface area (Å²) >= 11 is 14.1. The van der Waals surface area contributed by atoms with Crippen molar-refractivity contribution in [2.24, 2.45) is 0 Å². The first kappa shape index (κ1) is 32.2. The average Bonchev–Trinajstić information content (AvgIpc) is 3.76. The molecule has 2 aliphatic rings. The molecule has 2 N–H and O–H groups in total. The molecule has 2 fully saturated rings. The second kappa shape index (κ2) is 14.8. The van der Waals surface area contributed by atoms with Crippen molar-refractivity contribution in [3.05, 3.63) is 76.0 Å². The normalized spacial score (nSPS) is 17.7. The van der Waals surface area contributed by atoms with Gasteiger partial charge in [-0.1, -0.05) is 65.7 Å². The van der Waals surface area contributed by atoms with Crippen LogP contribution in [0, 0.1) is 0 Å². The minimum atomic E-state index is 0.128. The van der Waals surface area contributed by atoms with Gasteiger partial charge in [-0.05, 0) is 38.2 Å². The zero-order valence-electron chi connectivity index (χ0n) is 25.9. The van der Waals surface area contributed by atoms with Gasteiger partial charge in [0, 0.05) is 59.5 Å². The molecule has 0 spiro atoms. The summed E-state index contributed by atoms with van der Waals surface area (Å²) in [5, 5.41) is 7.57. The molecule has 1 amide bonds. The molecule has 2 atom stereocenters. The van der Waals surface area contributed by atoms with E-state index in [2.05, 4.69) is 15.6 Å². The zero-order valence-corrected chi connectivity index (χ0v) is 27.5. The maximum absolute atomic E-state index is 11.5. The van der Waals surface area contributed by atoms with Crippen molar-refractivity contribution in [1.29, 1.82) is 0 Å². The lowest BCUT2D eigenvalue weighted by atomic mass is 9.98. The van der Waals surface area contributed by atoms with E-state index in [0.29, 0.717) is 65.2 Å². The number of nitrogens with zero attached hydrogens (tertiary/aromatic N) is 3. The van der Waals surface area contributed by atoms with E-state index in [1.165, 1.54) is 0 Å². The monoisotopic (exact) mass is 661 g/mol. The Hall–Kier alpha value is -3.76. The first-order valence-corrected chi connectivity index (χ1v) is 16.3. The molecule has 46 heavy (non-hydrogen) atoms. The standard InChI is InChI=1S/C35H37Cl2N5O4/c1-44-34-21(18-38-23-16-17-46-20-23)12-14-28(41-34)26-9-4-7-24(32(26)36)25-8-5-10-27(33(25)37)30-19-39-29(35(42-30)45-2)11-3-6-22-13-15-31(43)40-22/h4-5,7-10,12,14,19,22-23,38H,3,6,11,13,15-18,20H2,1-2H3,(H,40,43)/t22-,23-/m1/s1.